The average molecular weight is 386 g/mol. The Morgan fingerprint density at radius 3 is 2.32 bits per heavy atom. The Kier molecular flexibility index (Phi) is 6.36. The molecule has 1 aliphatic rings. The highest BCUT2D eigenvalue weighted by atomic mass is 32.2. The van der Waals surface area contributed by atoms with Gasteiger partial charge in [0, 0.05) is 37.2 Å². The van der Waals surface area contributed by atoms with Crippen LogP contribution in [0.4, 0.5) is 0 Å². The summed E-state index contributed by atoms with van der Waals surface area (Å²) in [6.45, 7) is 0.706. The number of sulfonamides is 1. The second-order valence-electron chi connectivity index (χ2n) is 5.94. The van der Waals surface area contributed by atoms with Gasteiger partial charge in [-0.2, -0.15) is 4.31 Å². The van der Waals surface area contributed by atoms with E-state index in [4.69, 9.17) is 0 Å². The third-order valence-corrected chi connectivity index (χ3v) is 6.54. The molecule has 25 heavy (non-hydrogen) atoms. The number of amides is 1. The number of carbonyl (C=O) groups excluding carboxylic acids is 1. The molecule has 0 atom stereocenters. The van der Waals surface area contributed by atoms with Crippen LogP contribution in [-0.4, -0.2) is 52.9 Å². The highest BCUT2D eigenvalue weighted by molar-refractivity contribution is 7.93. The van der Waals surface area contributed by atoms with Crippen molar-refractivity contribution >= 4 is 25.8 Å². The number of carbonyl (C=O) groups is 1. The Hall–Kier alpha value is -1.71. The minimum atomic E-state index is -3.52. The summed E-state index contributed by atoms with van der Waals surface area (Å²) in [7, 11) is -6.73. The number of piperidine rings is 1. The van der Waals surface area contributed by atoms with Gasteiger partial charge < -0.3 is 5.32 Å². The SMILES string of the molecule is CS(=O)(=O)/C=C/CNC(=O)C1CCN(S(=O)(=O)c2ccccc2)CC1. The van der Waals surface area contributed by atoms with Crippen LogP contribution in [0, 0.1) is 5.92 Å². The van der Waals surface area contributed by atoms with Gasteiger partial charge in [-0.3, -0.25) is 4.79 Å². The van der Waals surface area contributed by atoms with Crippen molar-refractivity contribution in [2.24, 2.45) is 5.92 Å². The quantitative estimate of drug-likeness (QED) is 0.778. The fraction of sp³-hybridized carbons (Fsp3) is 0.438. The number of rotatable bonds is 6. The first-order valence-electron chi connectivity index (χ1n) is 7.89. The molecule has 1 heterocycles. The maximum atomic E-state index is 12.5. The molecule has 1 aromatic rings. The van der Waals surface area contributed by atoms with Crippen molar-refractivity contribution in [3.8, 4) is 0 Å². The number of benzene rings is 1. The van der Waals surface area contributed by atoms with E-state index in [1.165, 1.54) is 10.4 Å². The fourth-order valence-corrected chi connectivity index (χ4v) is 4.56. The topological polar surface area (TPSA) is 101 Å². The van der Waals surface area contributed by atoms with E-state index in [1.54, 1.807) is 30.3 Å². The van der Waals surface area contributed by atoms with Crippen LogP contribution in [-0.2, 0) is 24.7 Å². The van der Waals surface area contributed by atoms with Gasteiger partial charge in [-0.1, -0.05) is 24.3 Å². The minimum absolute atomic E-state index is 0.133. The maximum Gasteiger partial charge on any atom is 0.243 e. The van der Waals surface area contributed by atoms with Crippen LogP contribution in [0.15, 0.2) is 46.7 Å². The third-order valence-electron chi connectivity index (χ3n) is 3.94. The van der Waals surface area contributed by atoms with E-state index in [0.717, 1.165) is 11.7 Å². The summed E-state index contributed by atoms with van der Waals surface area (Å²) in [5.74, 6) is -0.455. The number of nitrogens with zero attached hydrogens (tertiary/aromatic N) is 1. The van der Waals surface area contributed by atoms with E-state index >= 15 is 0 Å². The molecule has 0 aromatic heterocycles. The van der Waals surface area contributed by atoms with Crippen molar-refractivity contribution < 1.29 is 21.6 Å². The van der Waals surface area contributed by atoms with Gasteiger partial charge in [0.1, 0.15) is 0 Å². The van der Waals surface area contributed by atoms with Crippen molar-refractivity contribution in [2.45, 2.75) is 17.7 Å². The zero-order chi connectivity index (χ0) is 18.5. The third kappa shape index (κ3) is 5.65. The largest absolute Gasteiger partial charge is 0.352 e. The molecule has 0 bridgehead atoms. The molecule has 7 nitrogen and oxygen atoms in total. The number of sulfone groups is 1. The predicted molar refractivity (Wildman–Crippen MR) is 94.9 cm³/mol. The molecule has 1 aromatic carbocycles. The molecule has 0 saturated carbocycles. The standard InChI is InChI=1S/C16H22N2O5S2/c1-24(20,21)13-5-10-17-16(19)14-8-11-18(12-9-14)25(22,23)15-6-3-2-4-7-15/h2-7,13-14H,8-12H2,1H3,(H,17,19)/b13-5+. The lowest BCUT2D eigenvalue weighted by Gasteiger charge is -2.30. The molecule has 1 amide bonds. The van der Waals surface area contributed by atoms with Crippen LogP contribution in [0.5, 0.6) is 0 Å². The van der Waals surface area contributed by atoms with Gasteiger partial charge in [0.05, 0.1) is 4.90 Å². The number of hydrogen-bond acceptors (Lipinski definition) is 5. The van der Waals surface area contributed by atoms with E-state index in [2.05, 4.69) is 5.32 Å². The highest BCUT2D eigenvalue weighted by Gasteiger charge is 2.31. The highest BCUT2D eigenvalue weighted by Crippen LogP contribution is 2.23. The van der Waals surface area contributed by atoms with Crippen LogP contribution < -0.4 is 5.32 Å². The Labute approximate surface area is 148 Å². The molecule has 0 radical (unpaired) electrons. The van der Waals surface area contributed by atoms with E-state index in [0.29, 0.717) is 12.8 Å². The summed E-state index contributed by atoms with van der Waals surface area (Å²) < 4.78 is 48.4. The molecular weight excluding hydrogens is 364 g/mol. The van der Waals surface area contributed by atoms with Crippen LogP contribution in [0.2, 0.25) is 0 Å². The van der Waals surface area contributed by atoms with E-state index in [-0.39, 0.29) is 36.4 Å². The molecule has 2 rings (SSSR count). The molecule has 1 saturated heterocycles. The Morgan fingerprint density at radius 2 is 1.76 bits per heavy atom. The molecule has 0 aliphatic carbocycles. The molecule has 9 heteroatoms. The summed E-state index contributed by atoms with van der Waals surface area (Å²) in [5.41, 5.74) is 0. The van der Waals surface area contributed by atoms with Crippen molar-refractivity contribution in [1.82, 2.24) is 9.62 Å². The van der Waals surface area contributed by atoms with Gasteiger partial charge in [-0.15, -0.1) is 0 Å². The van der Waals surface area contributed by atoms with Crippen LogP contribution in [0.1, 0.15) is 12.8 Å². The minimum Gasteiger partial charge on any atom is -0.352 e. The van der Waals surface area contributed by atoms with Crippen molar-refractivity contribution in [2.75, 3.05) is 25.9 Å². The summed E-state index contributed by atoms with van der Waals surface area (Å²) >= 11 is 0. The van der Waals surface area contributed by atoms with Crippen LogP contribution in [0.3, 0.4) is 0 Å². The van der Waals surface area contributed by atoms with Crippen LogP contribution >= 0.6 is 0 Å². The zero-order valence-corrected chi connectivity index (χ0v) is 15.6. The molecule has 1 N–H and O–H groups in total. The van der Waals surface area contributed by atoms with Crippen molar-refractivity contribution in [1.29, 1.82) is 0 Å². The maximum absolute atomic E-state index is 12.5. The van der Waals surface area contributed by atoms with Gasteiger partial charge in [-0.05, 0) is 25.0 Å². The zero-order valence-electron chi connectivity index (χ0n) is 14.0. The number of nitrogens with one attached hydrogen (secondary N) is 1. The first-order chi connectivity index (χ1) is 11.7. The smallest absolute Gasteiger partial charge is 0.243 e. The first-order valence-corrected chi connectivity index (χ1v) is 11.3. The fourth-order valence-electron chi connectivity index (χ4n) is 2.63. The molecule has 138 valence electrons. The lowest BCUT2D eigenvalue weighted by atomic mass is 9.97. The van der Waals surface area contributed by atoms with Gasteiger partial charge in [0.2, 0.25) is 15.9 Å². The molecule has 1 aliphatic heterocycles. The molecular formula is C16H22N2O5S2. The second kappa shape index (κ2) is 8.11. The Bertz CT molecular complexity index is 825. The van der Waals surface area contributed by atoms with Crippen molar-refractivity contribution in [3.63, 3.8) is 0 Å². The Morgan fingerprint density at radius 1 is 1.16 bits per heavy atom. The average Bonchev–Trinajstić information content (AvgIpc) is 2.58. The lowest BCUT2D eigenvalue weighted by Crippen LogP contribution is -2.43. The van der Waals surface area contributed by atoms with E-state index in [1.807, 2.05) is 0 Å². The summed E-state index contributed by atoms with van der Waals surface area (Å²) in [6.07, 6.45) is 3.33. The Balaban J connectivity index is 1.87. The van der Waals surface area contributed by atoms with E-state index < -0.39 is 19.9 Å². The summed E-state index contributed by atoms with van der Waals surface area (Å²) in [5, 5.41) is 3.70. The van der Waals surface area contributed by atoms with Gasteiger partial charge in [0.15, 0.2) is 9.84 Å². The first kappa shape index (κ1) is 19.6. The second-order valence-corrected chi connectivity index (χ2v) is 9.81. The van der Waals surface area contributed by atoms with Gasteiger partial charge in [0.25, 0.3) is 0 Å². The van der Waals surface area contributed by atoms with Gasteiger partial charge in [-0.25, -0.2) is 16.8 Å². The predicted octanol–water partition coefficient (Wildman–Crippen LogP) is 0.762. The normalized spacial score (nSPS) is 17.6. The van der Waals surface area contributed by atoms with Crippen LogP contribution in [0.25, 0.3) is 0 Å². The molecule has 0 spiro atoms. The molecule has 0 unspecified atom stereocenters. The monoisotopic (exact) mass is 386 g/mol. The number of hydrogen-bond donors (Lipinski definition) is 1. The lowest BCUT2D eigenvalue weighted by molar-refractivity contribution is -0.125. The molecule has 1 fully saturated rings. The summed E-state index contributed by atoms with van der Waals surface area (Å²) in [4.78, 5) is 12.3. The summed E-state index contributed by atoms with van der Waals surface area (Å²) in [6, 6.07) is 8.23. The van der Waals surface area contributed by atoms with Gasteiger partial charge >= 0.3 is 0 Å². The van der Waals surface area contributed by atoms with Crippen molar-refractivity contribution in [3.05, 3.63) is 41.8 Å². The van der Waals surface area contributed by atoms with E-state index in [9.17, 15) is 21.6 Å².